The van der Waals surface area contributed by atoms with Crippen LogP contribution in [-0.4, -0.2) is 48.3 Å². The molecule has 3 rings (SSSR count). The van der Waals surface area contributed by atoms with Crippen LogP contribution in [0.3, 0.4) is 0 Å². The maximum absolute atomic E-state index is 10.6. The molecule has 0 bridgehead atoms. The van der Waals surface area contributed by atoms with Gasteiger partial charge in [0.15, 0.2) is 12.0 Å². The molecule has 18 heavy (non-hydrogen) atoms. The van der Waals surface area contributed by atoms with Crippen LogP contribution in [0.15, 0.2) is 16.5 Å². The molecule has 0 N–H and O–H groups in total. The average molecular weight is 248 g/mol. The standard InChI is InChI=1S/C14H20N2O2/c17-11-14-5-4-13(18-14)10-15-6-2-8-16-7-1-3-12(16)9-15/h4-5,11-12H,1-3,6-10H2. The minimum Gasteiger partial charge on any atom is -0.457 e. The van der Waals surface area contributed by atoms with Gasteiger partial charge in [-0.3, -0.25) is 14.6 Å². The summed E-state index contributed by atoms with van der Waals surface area (Å²) in [6.07, 6.45) is 4.67. The van der Waals surface area contributed by atoms with Crippen molar-refractivity contribution >= 4 is 6.29 Å². The lowest BCUT2D eigenvalue weighted by molar-refractivity contribution is 0.109. The maximum Gasteiger partial charge on any atom is 0.185 e. The third kappa shape index (κ3) is 2.49. The van der Waals surface area contributed by atoms with Crippen LogP contribution in [0.4, 0.5) is 0 Å². The molecule has 0 radical (unpaired) electrons. The van der Waals surface area contributed by atoms with Gasteiger partial charge in [-0.1, -0.05) is 0 Å². The first-order valence-electron chi connectivity index (χ1n) is 6.85. The third-order valence-electron chi connectivity index (χ3n) is 4.07. The van der Waals surface area contributed by atoms with E-state index in [9.17, 15) is 4.79 Å². The van der Waals surface area contributed by atoms with Crippen molar-refractivity contribution in [2.45, 2.75) is 31.8 Å². The van der Waals surface area contributed by atoms with Gasteiger partial charge in [0.1, 0.15) is 5.76 Å². The zero-order valence-electron chi connectivity index (χ0n) is 10.7. The summed E-state index contributed by atoms with van der Waals surface area (Å²) in [6.45, 7) is 5.60. The van der Waals surface area contributed by atoms with E-state index in [4.69, 9.17) is 4.42 Å². The highest BCUT2D eigenvalue weighted by Crippen LogP contribution is 2.22. The summed E-state index contributed by atoms with van der Waals surface area (Å²) in [4.78, 5) is 15.7. The second-order valence-corrected chi connectivity index (χ2v) is 5.34. The summed E-state index contributed by atoms with van der Waals surface area (Å²) in [7, 11) is 0. The van der Waals surface area contributed by atoms with Crippen molar-refractivity contribution < 1.29 is 9.21 Å². The number of hydrogen-bond acceptors (Lipinski definition) is 4. The Morgan fingerprint density at radius 1 is 1.28 bits per heavy atom. The molecule has 2 aliphatic rings. The van der Waals surface area contributed by atoms with Gasteiger partial charge in [-0.2, -0.15) is 0 Å². The minimum atomic E-state index is 0.433. The highest BCUT2D eigenvalue weighted by Gasteiger charge is 2.28. The lowest BCUT2D eigenvalue weighted by atomic mass is 10.2. The van der Waals surface area contributed by atoms with E-state index in [0.29, 0.717) is 5.76 Å². The first-order chi connectivity index (χ1) is 8.85. The number of furan rings is 1. The Hall–Kier alpha value is -1.13. The molecular formula is C14H20N2O2. The lowest BCUT2D eigenvalue weighted by Gasteiger charge is -2.24. The molecule has 2 saturated heterocycles. The first kappa shape index (κ1) is 11.9. The molecule has 4 heteroatoms. The van der Waals surface area contributed by atoms with E-state index in [2.05, 4.69) is 9.80 Å². The molecule has 1 unspecified atom stereocenters. The molecule has 0 spiro atoms. The summed E-state index contributed by atoms with van der Waals surface area (Å²) < 4.78 is 5.46. The van der Waals surface area contributed by atoms with Gasteiger partial charge in [-0.05, 0) is 51.0 Å². The van der Waals surface area contributed by atoms with Crippen LogP contribution in [-0.2, 0) is 6.54 Å². The molecular weight excluding hydrogens is 228 g/mol. The molecule has 3 heterocycles. The number of aldehydes is 1. The molecule has 98 valence electrons. The van der Waals surface area contributed by atoms with Crippen LogP contribution in [0.2, 0.25) is 0 Å². The van der Waals surface area contributed by atoms with Crippen LogP contribution in [0, 0.1) is 0 Å². The van der Waals surface area contributed by atoms with E-state index >= 15 is 0 Å². The summed E-state index contributed by atoms with van der Waals surface area (Å²) in [5.41, 5.74) is 0. The van der Waals surface area contributed by atoms with Gasteiger partial charge in [0.05, 0.1) is 6.54 Å². The fourth-order valence-electron chi connectivity index (χ4n) is 3.19. The average Bonchev–Trinajstić information content (AvgIpc) is 2.96. The highest BCUT2D eigenvalue weighted by atomic mass is 16.3. The van der Waals surface area contributed by atoms with Crippen LogP contribution >= 0.6 is 0 Å². The zero-order chi connectivity index (χ0) is 12.4. The van der Waals surface area contributed by atoms with Crippen molar-refractivity contribution in [3.05, 3.63) is 23.7 Å². The molecule has 1 aromatic rings. The fraction of sp³-hybridized carbons (Fsp3) is 0.643. The van der Waals surface area contributed by atoms with Crippen molar-refractivity contribution in [3.8, 4) is 0 Å². The zero-order valence-corrected chi connectivity index (χ0v) is 10.7. The Morgan fingerprint density at radius 3 is 3.00 bits per heavy atom. The normalized spacial score (nSPS) is 25.9. The van der Waals surface area contributed by atoms with Crippen molar-refractivity contribution in [1.82, 2.24) is 9.80 Å². The second-order valence-electron chi connectivity index (χ2n) is 5.34. The highest BCUT2D eigenvalue weighted by molar-refractivity contribution is 5.70. The van der Waals surface area contributed by atoms with Gasteiger partial charge in [-0.25, -0.2) is 0 Å². The Morgan fingerprint density at radius 2 is 2.17 bits per heavy atom. The molecule has 2 aliphatic heterocycles. The Kier molecular flexibility index (Phi) is 3.48. The summed E-state index contributed by atoms with van der Waals surface area (Å²) in [5, 5.41) is 0. The molecule has 4 nitrogen and oxygen atoms in total. The molecule has 0 aromatic carbocycles. The number of hydrogen-bond donors (Lipinski definition) is 0. The topological polar surface area (TPSA) is 36.7 Å². The van der Waals surface area contributed by atoms with Crippen LogP contribution < -0.4 is 0 Å². The Balaban J connectivity index is 1.63. The van der Waals surface area contributed by atoms with Crippen LogP contribution in [0.25, 0.3) is 0 Å². The predicted octanol–water partition coefficient (Wildman–Crippen LogP) is 1.76. The summed E-state index contributed by atoms with van der Waals surface area (Å²) >= 11 is 0. The van der Waals surface area contributed by atoms with E-state index in [1.54, 1.807) is 6.07 Å². The van der Waals surface area contributed by atoms with Crippen molar-refractivity contribution in [3.63, 3.8) is 0 Å². The second kappa shape index (κ2) is 5.24. The van der Waals surface area contributed by atoms with Gasteiger partial charge >= 0.3 is 0 Å². The van der Waals surface area contributed by atoms with E-state index in [1.165, 1.54) is 32.4 Å². The van der Waals surface area contributed by atoms with Crippen molar-refractivity contribution in [1.29, 1.82) is 0 Å². The van der Waals surface area contributed by atoms with E-state index in [-0.39, 0.29) is 0 Å². The SMILES string of the molecule is O=Cc1ccc(CN2CCCN3CCCC3C2)o1. The molecule has 0 saturated carbocycles. The third-order valence-corrected chi connectivity index (χ3v) is 4.07. The quantitative estimate of drug-likeness (QED) is 0.764. The predicted molar refractivity (Wildman–Crippen MR) is 68.6 cm³/mol. The van der Waals surface area contributed by atoms with Gasteiger partial charge in [0, 0.05) is 12.6 Å². The molecule has 0 amide bonds. The number of nitrogens with zero attached hydrogens (tertiary/aromatic N) is 2. The molecule has 2 fully saturated rings. The summed E-state index contributed by atoms with van der Waals surface area (Å²) in [6, 6.07) is 4.40. The lowest BCUT2D eigenvalue weighted by Crippen LogP contribution is -2.36. The monoisotopic (exact) mass is 248 g/mol. The molecule has 1 atom stereocenters. The molecule has 0 aliphatic carbocycles. The number of carbonyl (C=O) groups is 1. The minimum absolute atomic E-state index is 0.433. The van der Waals surface area contributed by atoms with Crippen LogP contribution in [0.1, 0.15) is 35.6 Å². The number of fused-ring (bicyclic) bond motifs is 1. The Bertz CT molecular complexity index is 416. The smallest absolute Gasteiger partial charge is 0.185 e. The van der Waals surface area contributed by atoms with Crippen LogP contribution in [0.5, 0.6) is 0 Å². The van der Waals surface area contributed by atoms with Crippen molar-refractivity contribution in [2.75, 3.05) is 26.2 Å². The summed E-state index contributed by atoms with van der Waals surface area (Å²) in [5.74, 6) is 1.34. The van der Waals surface area contributed by atoms with E-state index in [0.717, 1.165) is 37.7 Å². The maximum atomic E-state index is 10.6. The van der Waals surface area contributed by atoms with Gasteiger partial charge in [-0.15, -0.1) is 0 Å². The van der Waals surface area contributed by atoms with E-state index in [1.807, 2.05) is 6.07 Å². The van der Waals surface area contributed by atoms with Gasteiger partial charge < -0.3 is 4.42 Å². The number of carbonyl (C=O) groups excluding carboxylic acids is 1. The van der Waals surface area contributed by atoms with Gasteiger partial charge in [0.2, 0.25) is 0 Å². The Labute approximate surface area is 108 Å². The number of rotatable bonds is 3. The largest absolute Gasteiger partial charge is 0.457 e. The van der Waals surface area contributed by atoms with Gasteiger partial charge in [0.25, 0.3) is 0 Å². The fourth-order valence-corrected chi connectivity index (χ4v) is 3.19. The first-order valence-corrected chi connectivity index (χ1v) is 6.85. The van der Waals surface area contributed by atoms with Crippen molar-refractivity contribution in [2.24, 2.45) is 0 Å². The molecule has 1 aromatic heterocycles. The van der Waals surface area contributed by atoms with E-state index < -0.39 is 0 Å².